The number of anilines is 2. The zero-order valence-corrected chi connectivity index (χ0v) is 19.9. The topological polar surface area (TPSA) is 67.4 Å². The van der Waals surface area contributed by atoms with Crippen LogP contribution in [0.25, 0.3) is 0 Å². The zero-order chi connectivity index (χ0) is 22.8. The van der Waals surface area contributed by atoms with Crippen molar-refractivity contribution in [3.63, 3.8) is 0 Å². The summed E-state index contributed by atoms with van der Waals surface area (Å²) in [6.45, 7) is 4.73. The van der Waals surface area contributed by atoms with Gasteiger partial charge in [0, 0.05) is 22.2 Å². The Morgan fingerprint density at radius 1 is 0.969 bits per heavy atom. The maximum atomic E-state index is 12.6. The van der Waals surface area contributed by atoms with Crippen LogP contribution in [0.2, 0.25) is 0 Å². The highest BCUT2D eigenvalue weighted by Crippen LogP contribution is 2.28. The lowest BCUT2D eigenvalue weighted by Crippen LogP contribution is -2.24. The van der Waals surface area contributed by atoms with Crippen molar-refractivity contribution < 1.29 is 14.3 Å². The number of carbonyl (C=O) groups is 2. The molecule has 172 valence electrons. The van der Waals surface area contributed by atoms with Crippen LogP contribution in [0.1, 0.15) is 58.8 Å². The van der Waals surface area contributed by atoms with Crippen molar-refractivity contribution in [1.29, 1.82) is 0 Å². The molecule has 32 heavy (non-hydrogen) atoms. The van der Waals surface area contributed by atoms with Gasteiger partial charge in [0.2, 0.25) is 11.8 Å². The molecule has 5 nitrogen and oxygen atoms in total. The van der Waals surface area contributed by atoms with Crippen molar-refractivity contribution in [3.8, 4) is 5.75 Å². The number of hydrogen-bond acceptors (Lipinski definition) is 4. The van der Waals surface area contributed by atoms with Gasteiger partial charge in [-0.1, -0.05) is 32.6 Å². The van der Waals surface area contributed by atoms with Crippen molar-refractivity contribution in [2.45, 2.75) is 68.9 Å². The predicted molar refractivity (Wildman–Crippen MR) is 132 cm³/mol. The van der Waals surface area contributed by atoms with E-state index in [1.165, 1.54) is 18.2 Å². The van der Waals surface area contributed by atoms with Crippen LogP contribution in [0.5, 0.6) is 5.75 Å². The summed E-state index contributed by atoms with van der Waals surface area (Å²) in [5.74, 6) is 1.02. The van der Waals surface area contributed by atoms with E-state index in [0.29, 0.717) is 6.61 Å². The van der Waals surface area contributed by atoms with Gasteiger partial charge < -0.3 is 15.4 Å². The van der Waals surface area contributed by atoms with E-state index in [1.807, 2.05) is 55.5 Å². The van der Waals surface area contributed by atoms with E-state index in [4.69, 9.17) is 4.74 Å². The standard InChI is InChI=1S/C26H34N2O3S/c1-3-4-18-31-23-14-10-21(11-15-23)27-25(29)19(2)32-24-16-12-22(13-17-24)28-26(30)20-8-6-5-7-9-20/h10-17,19-20H,3-9,18H2,1-2H3,(H,27,29)(H,28,30). The lowest BCUT2D eigenvalue weighted by Gasteiger charge is -2.20. The fraction of sp³-hybridized carbons (Fsp3) is 0.462. The van der Waals surface area contributed by atoms with Gasteiger partial charge in [-0.15, -0.1) is 11.8 Å². The third-order valence-corrected chi connectivity index (χ3v) is 6.78. The monoisotopic (exact) mass is 454 g/mol. The zero-order valence-electron chi connectivity index (χ0n) is 19.1. The van der Waals surface area contributed by atoms with E-state index in [2.05, 4.69) is 17.6 Å². The van der Waals surface area contributed by atoms with Gasteiger partial charge in [-0.05, 0) is 74.7 Å². The average Bonchev–Trinajstić information content (AvgIpc) is 2.82. The minimum atomic E-state index is -0.252. The minimum absolute atomic E-state index is 0.0515. The van der Waals surface area contributed by atoms with Gasteiger partial charge >= 0.3 is 0 Å². The van der Waals surface area contributed by atoms with Crippen molar-refractivity contribution in [3.05, 3.63) is 48.5 Å². The molecule has 0 radical (unpaired) electrons. The first kappa shape index (κ1) is 24.2. The SMILES string of the molecule is CCCCOc1ccc(NC(=O)C(C)Sc2ccc(NC(=O)C3CCCCC3)cc2)cc1. The second kappa shape index (κ2) is 12.5. The van der Waals surface area contributed by atoms with E-state index in [9.17, 15) is 9.59 Å². The summed E-state index contributed by atoms with van der Waals surface area (Å²) >= 11 is 1.49. The molecule has 0 aromatic heterocycles. The molecule has 0 aliphatic heterocycles. The van der Waals surface area contributed by atoms with Gasteiger partial charge in [0.05, 0.1) is 11.9 Å². The lowest BCUT2D eigenvalue weighted by atomic mass is 9.88. The Bertz CT molecular complexity index is 862. The highest BCUT2D eigenvalue weighted by atomic mass is 32.2. The summed E-state index contributed by atoms with van der Waals surface area (Å²) in [4.78, 5) is 26.0. The Balaban J connectivity index is 1.45. The Hall–Kier alpha value is -2.47. The second-order valence-electron chi connectivity index (χ2n) is 8.32. The molecule has 0 bridgehead atoms. The van der Waals surface area contributed by atoms with Crippen LogP contribution < -0.4 is 15.4 Å². The average molecular weight is 455 g/mol. The summed E-state index contributed by atoms with van der Waals surface area (Å²) in [6, 6.07) is 15.2. The Labute approximate surface area is 195 Å². The van der Waals surface area contributed by atoms with E-state index < -0.39 is 0 Å². The van der Waals surface area contributed by atoms with Crippen LogP contribution in [-0.2, 0) is 9.59 Å². The van der Waals surface area contributed by atoms with E-state index in [0.717, 1.165) is 60.5 Å². The van der Waals surface area contributed by atoms with Crippen LogP contribution in [0.3, 0.4) is 0 Å². The molecule has 2 aromatic carbocycles. The second-order valence-corrected chi connectivity index (χ2v) is 9.74. The highest BCUT2D eigenvalue weighted by molar-refractivity contribution is 8.00. The van der Waals surface area contributed by atoms with Crippen LogP contribution in [0.4, 0.5) is 11.4 Å². The molecule has 0 spiro atoms. The first-order valence-corrected chi connectivity index (χ1v) is 12.5. The Morgan fingerprint density at radius 3 is 2.25 bits per heavy atom. The molecule has 1 saturated carbocycles. The number of hydrogen-bond donors (Lipinski definition) is 2. The molecule has 1 atom stereocenters. The molecule has 0 saturated heterocycles. The van der Waals surface area contributed by atoms with Gasteiger partial charge in [-0.2, -0.15) is 0 Å². The number of nitrogens with one attached hydrogen (secondary N) is 2. The van der Waals surface area contributed by atoms with Crippen LogP contribution in [0, 0.1) is 5.92 Å². The molecule has 1 aliphatic rings. The molecular formula is C26H34N2O3S. The fourth-order valence-electron chi connectivity index (χ4n) is 3.70. The van der Waals surface area contributed by atoms with Gasteiger partial charge in [-0.25, -0.2) is 0 Å². The lowest BCUT2D eigenvalue weighted by molar-refractivity contribution is -0.120. The maximum absolute atomic E-state index is 12.6. The first-order chi connectivity index (χ1) is 15.5. The number of rotatable bonds is 10. The van der Waals surface area contributed by atoms with E-state index in [-0.39, 0.29) is 23.0 Å². The summed E-state index contributed by atoms with van der Waals surface area (Å²) in [7, 11) is 0. The summed E-state index contributed by atoms with van der Waals surface area (Å²) in [6.07, 6.45) is 7.62. The highest BCUT2D eigenvalue weighted by Gasteiger charge is 2.21. The largest absolute Gasteiger partial charge is 0.494 e. The molecule has 2 amide bonds. The first-order valence-electron chi connectivity index (χ1n) is 11.7. The predicted octanol–water partition coefficient (Wildman–Crippen LogP) is 6.50. The Morgan fingerprint density at radius 2 is 1.59 bits per heavy atom. The molecule has 2 N–H and O–H groups in total. The van der Waals surface area contributed by atoms with Crippen molar-refractivity contribution in [2.75, 3.05) is 17.2 Å². The third-order valence-electron chi connectivity index (χ3n) is 5.67. The molecule has 3 rings (SSSR count). The minimum Gasteiger partial charge on any atom is -0.494 e. The van der Waals surface area contributed by atoms with Gasteiger partial charge in [-0.3, -0.25) is 9.59 Å². The molecule has 6 heteroatoms. The fourth-order valence-corrected chi connectivity index (χ4v) is 4.56. The molecule has 0 heterocycles. The normalized spacial score (nSPS) is 15.1. The summed E-state index contributed by atoms with van der Waals surface area (Å²) < 4.78 is 5.66. The van der Waals surface area contributed by atoms with Gasteiger partial charge in [0.15, 0.2) is 0 Å². The van der Waals surface area contributed by atoms with Crippen molar-refractivity contribution >= 4 is 35.0 Å². The smallest absolute Gasteiger partial charge is 0.237 e. The molecule has 1 fully saturated rings. The maximum Gasteiger partial charge on any atom is 0.237 e. The van der Waals surface area contributed by atoms with Gasteiger partial charge in [0.1, 0.15) is 5.75 Å². The Kier molecular flexibility index (Phi) is 9.47. The number of benzene rings is 2. The number of thioether (sulfide) groups is 1. The van der Waals surface area contributed by atoms with Crippen LogP contribution >= 0.6 is 11.8 Å². The third kappa shape index (κ3) is 7.59. The number of unbranched alkanes of at least 4 members (excludes halogenated alkanes) is 1. The van der Waals surface area contributed by atoms with E-state index >= 15 is 0 Å². The van der Waals surface area contributed by atoms with Crippen molar-refractivity contribution in [1.82, 2.24) is 0 Å². The van der Waals surface area contributed by atoms with Crippen molar-refractivity contribution in [2.24, 2.45) is 5.92 Å². The molecule has 1 aliphatic carbocycles. The molecular weight excluding hydrogens is 420 g/mol. The van der Waals surface area contributed by atoms with E-state index in [1.54, 1.807) is 0 Å². The molecule has 1 unspecified atom stereocenters. The van der Waals surface area contributed by atoms with Crippen LogP contribution in [-0.4, -0.2) is 23.7 Å². The van der Waals surface area contributed by atoms with Crippen LogP contribution in [0.15, 0.2) is 53.4 Å². The number of amides is 2. The van der Waals surface area contributed by atoms with Gasteiger partial charge in [0.25, 0.3) is 0 Å². The quantitative estimate of drug-likeness (QED) is 0.317. The number of carbonyl (C=O) groups excluding carboxylic acids is 2. The molecule has 2 aromatic rings. The summed E-state index contributed by atoms with van der Waals surface area (Å²) in [5.41, 5.74) is 1.56. The summed E-state index contributed by atoms with van der Waals surface area (Å²) in [5, 5.41) is 5.74. The number of ether oxygens (including phenoxy) is 1.